The molecular weight excluding hydrogens is 482 g/mol. The van der Waals surface area contributed by atoms with Crippen molar-refractivity contribution in [2.75, 3.05) is 0 Å². The van der Waals surface area contributed by atoms with E-state index in [1.54, 1.807) is 6.07 Å². The molecule has 3 N–H and O–H groups in total. The second-order valence-corrected chi connectivity index (χ2v) is 9.23. The second-order valence-electron chi connectivity index (χ2n) is 6.06. The van der Waals surface area contributed by atoms with Gasteiger partial charge in [0.05, 0.1) is 10.0 Å². The highest BCUT2D eigenvalue weighted by atomic mass is 35.5. The van der Waals surface area contributed by atoms with Gasteiger partial charge in [-0.3, -0.25) is 4.55 Å². The Hall–Kier alpha value is -1.67. The smallest absolute Gasteiger partial charge is 0.283 e. The Balaban J connectivity index is 2.67. The minimum atomic E-state index is -5.12. The highest BCUT2D eigenvalue weighted by molar-refractivity contribution is 7.87. The predicted octanol–water partition coefficient (Wildman–Crippen LogP) is 5.89. The summed E-state index contributed by atoms with van der Waals surface area (Å²) in [6, 6.07) is 12.2. The van der Waals surface area contributed by atoms with E-state index < -0.39 is 25.6 Å². The molecule has 29 heavy (non-hydrogen) atoms. The van der Waals surface area contributed by atoms with Crippen molar-refractivity contribution in [3.05, 3.63) is 91.4 Å². The van der Waals surface area contributed by atoms with Crippen LogP contribution in [-0.2, 0) is 14.9 Å². The molecule has 10 heteroatoms. The first-order chi connectivity index (χ1) is 13.5. The molecule has 1 unspecified atom stereocenters. The lowest BCUT2D eigenvalue weighted by molar-refractivity contribution is 0.455. The van der Waals surface area contributed by atoms with Gasteiger partial charge in [0, 0.05) is 21.2 Å². The summed E-state index contributed by atoms with van der Waals surface area (Å²) in [5.74, 6) is -0.952. The SMILES string of the molecule is O=S(=O)(O)C(c1ccccc1)(c1cc(O)ccc1Cl)c1c(Cl)cc(Cl)c(O)c1Cl. The van der Waals surface area contributed by atoms with Gasteiger partial charge in [0.2, 0.25) is 0 Å². The molecule has 0 saturated heterocycles. The lowest BCUT2D eigenvalue weighted by Gasteiger charge is -2.34. The summed E-state index contributed by atoms with van der Waals surface area (Å²) in [6.45, 7) is 0. The Labute approximate surface area is 186 Å². The zero-order valence-electron chi connectivity index (χ0n) is 14.3. The van der Waals surface area contributed by atoms with E-state index in [4.69, 9.17) is 46.4 Å². The van der Waals surface area contributed by atoms with Crippen molar-refractivity contribution in [2.45, 2.75) is 4.75 Å². The highest BCUT2D eigenvalue weighted by Gasteiger charge is 2.52. The zero-order chi connectivity index (χ0) is 21.6. The summed E-state index contributed by atoms with van der Waals surface area (Å²) in [4.78, 5) is 0. The van der Waals surface area contributed by atoms with Crippen molar-refractivity contribution in [1.82, 2.24) is 0 Å². The van der Waals surface area contributed by atoms with E-state index in [1.165, 1.54) is 36.4 Å². The van der Waals surface area contributed by atoms with Gasteiger partial charge >= 0.3 is 0 Å². The van der Waals surface area contributed by atoms with Gasteiger partial charge in [0.25, 0.3) is 10.1 Å². The third-order valence-corrected chi connectivity index (χ3v) is 7.11. The van der Waals surface area contributed by atoms with Crippen LogP contribution in [0.15, 0.2) is 54.6 Å². The van der Waals surface area contributed by atoms with Crippen LogP contribution in [0.25, 0.3) is 0 Å². The van der Waals surface area contributed by atoms with Crippen LogP contribution in [0.3, 0.4) is 0 Å². The molecule has 3 rings (SSSR count). The van der Waals surface area contributed by atoms with Crippen LogP contribution in [0, 0.1) is 0 Å². The molecule has 152 valence electrons. The number of halogens is 4. The molecule has 0 fully saturated rings. The topological polar surface area (TPSA) is 94.8 Å². The summed E-state index contributed by atoms with van der Waals surface area (Å²) in [5.41, 5.74) is -0.581. The van der Waals surface area contributed by atoms with Crippen molar-refractivity contribution in [3.63, 3.8) is 0 Å². The molecule has 0 amide bonds. The quantitative estimate of drug-likeness (QED) is 0.311. The van der Waals surface area contributed by atoms with E-state index in [0.29, 0.717) is 0 Å². The lowest BCUT2D eigenvalue weighted by atomic mass is 9.83. The van der Waals surface area contributed by atoms with Crippen LogP contribution in [0.2, 0.25) is 20.1 Å². The van der Waals surface area contributed by atoms with Gasteiger partial charge in [0.1, 0.15) is 5.75 Å². The number of aromatic hydroxyl groups is 2. The van der Waals surface area contributed by atoms with Crippen LogP contribution >= 0.6 is 46.4 Å². The first-order valence-electron chi connectivity index (χ1n) is 7.90. The van der Waals surface area contributed by atoms with Gasteiger partial charge in [0.15, 0.2) is 10.5 Å². The average Bonchev–Trinajstić information content (AvgIpc) is 2.65. The van der Waals surface area contributed by atoms with E-state index >= 15 is 0 Å². The van der Waals surface area contributed by atoms with Gasteiger partial charge in [-0.2, -0.15) is 8.42 Å². The number of hydrogen-bond acceptors (Lipinski definition) is 4. The molecule has 0 aliphatic heterocycles. The average molecular weight is 494 g/mol. The Kier molecular flexibility index (Phi) is 5.98. The summed E-state index contributed by atoms with van der Waals surface area (Å²) in [6.07, 6.45) is 0. The fourth-order valence-corrected chi connectivity index (χ4v) is 6.03. The zero-order valence-corrected chi connectivity index (χ0v) is 18.1. The van der Waals surface area contributed by atoms with Crippen molar-refractivity contribution in [1.29, 1.82) is 0 Å². The Bertz CT molecular complexity index is 1200. The van der Waals surface area contributed by atoms with Gasteiger partial charge in [-0.15, -0.1) is 0 Å². The molecule has 3 aromatic carbocycles. The molecule has 5 nitrogen and oxygen atoms in total. The van der Waals surface area contributed by atoms with Gasteiger partial charge in [-0.1, -0.05) is 76.7 Å². The van der Waals surface area contributed by atoms with Crippen LogP contribution < -0.4 is 0 Å². The third-order valence-electron chi connectivity index (χ3n) is 4.39. The van der Waals surface area contributed by atoms with Crippen molar-refractivity contribution >= 4 is 56.5 Å². The fourth-order valence-electron chi connectivity index (χ4n) is 3.21. The molecule has 0 radical (unpaired) electrons. The standard InChI is InChI=1S/C19H12Cl4O5S/c20-13-7-6-11(24)8-12(13)19(29(26,27)28,10-4-2-1-3-5-10)16-14(21)9-15(22)18(25)17(16)23/h1-9,24-25H,(H,26,27,28). The minimum Gasteiger partial charge on any atom is -0.508 e. The Morgan fingerprint density at radius 1 is 0.793 bits per heavy atom. The molecule has 0 heterocycles. The molecule has 0 aliphatic carbocycles. The van der Waals surface area contributed by atoms with E-state index in [-0.39, 0.29) is 37.5 Å². The monoisotopic (exact) mass is 492 g/mol. The molecule has 0 spiro atoms. The molecule has 0 bridgehead atoms. The van der Waals surface area contributed by atoms with E-state index in [9.17, 15) is 23.2 Å². The normalized spacial score (nSPS) is 13.8. The van der Waals surface area contributed by atoms with E-state index in [2.05, 4.69) is 0 Å². The molecular formula is C19H12Cl4O5S. The maximum atomic E-state index is 13.0. The van der Waals surface area contributed by atoms with E-state index in [0.717, 1.165) is 12.1 Å². The van der Waals surface area contributed by atoms with Crippen molar-refractivity contribution in [2.24, 2.45) is 0 Å². The number of hydrogen-bond donors (Lipinski definition) is 3. The van der Waals surface area contributed by atoms with E-state index in [1.807, 2.05) is 0 Å². The lowest BCUT2D eigenvalue weighted by Crippen LogP contribution is -2.39. The maximum Gasteiger partial charge on any atom is 0.283 e. The number of phenols is 2. The summed E-state index contributed by atoms with van der Waals surface area (Å²) >= 11 is 24.8. The highest BCUT2D eigenvalue weighted by Crippen LogP contribution is 2.54. The van der Waals surface area contributed by atoms with Crippen LogP contribution in [0.4, 0.5) is 0 Å². The Morgan fingerprint density at radius 3 is 2.00 bits per heavy atom. The first kappa shape index (κ1) is 22.0. The van der Waals surface area contributed by atoms with Crippen LogP contribution in [0.1, 0.15) is 16.7 Å². The fraction of sp³-hybridized carbons (Fsp3) is 0.0526. The van der Waals surface area contributed by atoms with Crippen molar-refractivity contribution < 1.29 is 23.2 Å². The van der Waals surface area contributed by atoms with Gasteiger partial charge in [-0.05, 0) is 29.8 Å². The number of benzene rings is 3. The molecule has 0 aromatic heterocycles. The number of rotatable bonds is 4. The number of phenolic OH excluding ortho intramolecular Hbond substituents is 2. The van der Waals surface area contributed by atoms with Crippen LogP contribution in [-0.4, -0.2) is 23.2 Å². The molecule has 1 atom stereocenters. The second kappa shape index (κ2) is 7.87. The van der Waals surface area contributed by atoms with Crippen molar-refractivity contribution in [3.8, 4) is 11.5 Å². The van der Waals surface area contributed by atoms with Crippen LogP contribution in [0.5, 0.6) is 11.5 Å². The largest absolute Gasteiger partial charge is 0.508 e. The maximum absolute atomic E-state index is 13.0. The molecule has 3 aromatic rings. The van der Waals surface area contributed by atoms with Gasteiger partial charge in [-0.25, -0.2) is 0 Å². The Morgan fingerprint density at radius 2 is 1.41 bits per heavy atom. The molecule has 0 aliphatic rings. The summed E-state index contributed by atoms with van der Waals surface area (Å²) in [7, 11) is -5.12. The first-order valence-corrected chi connectivity index (χ1v) is 10.9. The third kappa shape index (κ3) is 3.54. The predicted molar refractivity (Wildman–Crippen MR) is 114 cm³/mol. The summed E-state index contributed by atoms with van der Waals surface area (Å²) in [5, 5.41) is 19.2. The minimum absolute atomic E-state index is 0.0144. The molecule has 0 saturated carbocycles. The summed E-state index contributed by atoms with van der Waals surface area (Å²) < 4.78 is 34.0. The van der Waals surface area contributed by atoms with Gasteiger partial charge < -0.3 is 10.2 Å².